The molecule has 1 aliphatic rings. The number of sulfonamides is 1. The van der Waals surface area contributed by atoms with Crippen molar-refractivity contribution in [3.8, 4) is 0 Å². The summed E-state index contributed by atoms with van der Waals surface area (Å²) < 4.78 is 39.7. The van der Waals surface area contributed by atoms with Gasteiger partial charge in [-0.15, -0.1) is 0 Å². The molecular weight excluding hydrogens is 393 g/mol. The van der Waals surface area contributed by atoms with E-state index < -0.39 is 10.0 Å². The van der Waals surface area contributed by atoms with Gasteiger partial charge < -0.3 is 10.6 Å². The van der Waals surface area contributed by atoms with Crippen LogP contribution in [0.25, 0.3) is 0 Å². The zero-order chi connectivity index (χ0) is 20.7. The molecule has 0 atom stereocenters. The van der Waals surface area contributed by atoms with Crippen molar-refractivity contribution in [2.24, 2.45) is 5.92 Å². The lowest BCUT2D eigenvalue weighted by Crippen LogP contribution is -2.40. The van der Waals surface area contributed by atoms with Gasteiger partial charge in [0, 0.05) is 26.2 Å². The Hall–Kier alpha value is -2.45. The topological polar surface area (TPSA) is 78.5 Å². The van der Waals surface area contributed by atoms with Gasteiger partial charge in [-0.2, -0.15) is 4.31 Å². The third-order valence-corrected chi connectivity index (χ3v) is 7.07. The van der Waals surface area contributed by atoms with Crippen LogP contribution in [0.4, 0.5) is 9.18 Å². The molecule has 1 aliphatic heterocycles. The van der Waals surface area contributed by atoms with E-state index in [-0.39, 0.29) is 11.8 Å². The molecule has 1 saturated heterocycles. The molecule has 156 valence electrons. The molecule has 2 aromatic carbocycles. The van der Waals surface area contributed by atoms with Gasteiger partial charge in [-0.05, 0) is 55.0 Å². The molecule has 0 bridgehead atoms. The van der Waals surface area contributed by atoms with Gasteiger partial charge in [-0.25, -0.2) is 17.6 Å². The summed E-state index contributed by atoms with van der Waals surface area (Å²) in [5, 5.41) is 5.56. The average Bonchev–Trinajstić information content (AvgIpc) is 2.74. The summed E-state index contributed by atoms with van der Waals surface area (Å²) in [6.45, 7) is 1.87. The number of urea groups is 1. The van der Waals surface area contributed by atoms with Gasteiger partial charge >= 0.3 is 6.03 Å². The number of nitrogens with zero attached hydrogens (tertiary/aromatic N) is 1. The Balaban J connectivity index is 1.35. The second kappa shape index (κ2) is 9.84. The molecular formula is C21H26FN3O3S. The van der Waals surface area contributed by atoms with Crippen LogP contribution >= 0.6 is 0 Å². The van der Waals surface area contributed by atoms with Crippen molar-refractivity contribution in [3.63, 3.8) is 0 Å². The molecule has 2 aromatic rings. The number of carbonyl (C=O) groups excluding carboxylic acids is 1. The lowest BCUT2D eigenvalue weighted by Gasteiger charge is -2.31. The quantitative estimate of drug-likeness (QED) is 0.724. The summed E-state index contributed by atoms with van der Waals surface area (Å²) in [7, 11) is -3.43. The molecule has 2 N–H and O–H groups in total. The molecule has 0 radical (unpaired) electrons. The summed E-state index contributed by atoms with van der Waals surface area (Å²) in [5.41, 5.74) is 0.827. The molecule has 0 aliphatic carbocycles. The van der Waals surface area contributed by atoms with Crippen LogP contribution in [0.15, 0.2) is 59.5 Å². The van der Waals surface area contributed by atoms with Gasteiger partial charge in [0.25, 0.3) is 0 Å². The second-order valence-corrected chi connectivity index (χ2v) is 9.12. The van der Waals surface area contributed by atoms with E-state index in [2.05, 4.69) is 10.6 Å². The number of carbonyl (C=O) groups is 1. The fraction of sp³-hybridized carbons (Fsp3) is 0.381. The Morgan fingerprint density at radius 1 is 1.00 bits per heavy atom. The Labute approximate surface area is 171 Å². The van der Waals surface area contributed by atoms with Crippen LogP contribution < -0.4 is 10.6 Å². The highest BCUT2D eigenvalue weighted by molar-refractivity contribution is 7.89. The van der Waals surface area contributed by atoms with Gasteiger partial charge in [0.15, 0.2) is 0 Å². The highest BCUT2D eigenvalue weighted by Crippen LogP contribution is 2.25. The van der Waals surface area contributed by atoms with Crippen molar-refractivity contribution in [3.05, 3.63) is 66.0 Å². The highest BCUT2D eigenvalue weighted by Gasteiger charge is 2.29. The van der Waals surface area contributed by atoms with E-state index in [0.29, 0.717) is 37.0 Å². The standard InChI is InChI=1S/C21H26FN3O3S/c22-19-8-6-18(7-9-19)16-24-21(26)23-13-10-17-11-14-25(15-12-17)29(27,28)20-4-2-1-3-5-20/h1-9,17H,10-16H2,(H2,23,24,26). The fourth-order valence-corrected chi connectivity index (χ4v) is 4.91. The van der Waals surface area contributed by atoms with Crippen LogP contribution in [0.2, 0.25) is 0 Å². The normalized spacial score (nSPS) is 15.8. The molecule has 0 unspecified atom stereocenters. The van der Waals surface area contributed by atoms with Gasteiger partial charge in [0.2, 0.25) is 10.0 Å². The Morgan fingerprint density at radius 2 is 1.66 bits per heavy atom. The summed E-state index contributed by atoms with van der Waals surface area (Å²) in [6, 6.07) is 14.2. The predicted octanol–water partition coefficient (Wildman–Crippen LogP) is 3.12. The molecule has 2 amide bonds. The molecule has 29 heavy (non-hydrogen) atoms. The first-order valence-corrected chi connectivity index (χ1v) is 11.2. The second-order valence-electron chi connectivity index (χ2n) is 7.19. The van der Waals surface area contributed by atoms with Crippen LogP contribution in [0.1, 0.15) is 24.8 Å². The Morgan fingerprint density at radius 3 is 2.31 bits per heavy atom. The first-order chi connectivity index (χ1) is 13.9. The molecule has 0 saturated carbocycles. The lowest BCUT2D eigenvalue weighted by molar-refractivity contribution is 0.235. The minimum Gasteiger partial charge on any atom is -0.338 e. The van der Waals surface area contributed by atoms with E-state index in [0.717, 1.165) is 24.8 Å². The molecule has 0 aromatic heterocycles. The predicted molar refractivity (Wildman–Crippen MR) is 109 cm³/mol. The molecule has 8 heteroatoms. The molecule has 1 heterocycles. The van der Waals surface area contributed by atoms with Crippen molar-refractivity contribution in [2.45, 2.75) is 30.7 Å². The van der Waals surface area contributed by atoms with E-state index in [1.807, 2.05) is 0 Å². The lowest BCUT2D eigenvalue weighted by atomic mass is 9.95. The maximum absolute atomic E-state index is 12.9. The first-order valence-electron chi connectivity index (χ1n) is 9.76. The van der Waals surface area contributed by atoms with Crippen LogP contribution in [-0.2, 0) is 16.6 Å². The van der Waals surface area contributed by atoms with Crippen molar-refractivity contribution in [2.75, 3.05) is 19.6 Å². The number of amides is 2. The summed E-state index contributed by atoms with van der Waals surface area (Å²) in [4.78, 5) is 12.2. The number of hydrogen-bond donors (Lipinski definition) is 2. The van der Waals surface area contributed by atoms with Gasteiger partial charge in [0.05, 0.1) is 4.90 Å². The SMILES string of the molecule is O=C(NCCC1CCN(S(=O)(=O)c2ccccc2)CC1)NCc1ccc(F)cc1. The third-order valence-electron chi connectivity index (χ3n) is 5.16. The van der Waals surface area contributed by atoms with Crippen molar-refractivity contribution < 1.29 is 17.6 Å². The molecule has 1 fully saturated rings. The van der Waals surface area contributed by atoms with E-state index >= 15 is 0 Å². The third kappa shape index (κ3) is 6.01. The van der Waals surface area contributed by atoms with Crippen molar-refractivity contribution >= 4 is 16.1 Å². The van der Waals surface area contributed by atoms with E-state index in [4.69, 9.17) is 0 Å². The zero-order valence-electron chi connectivity index (χ0n) is 16.2. The van der Waals surface area contributed by atoms with E-state index in [9.17, 15) is 17.6 Å². The maximum Gasteiger partial charge on any atom is 0.315 e. The van der Waals surface area contributed by atoms with Gasteiger partial charge in [-0.1, -0.05) is 30.3 Å². The fourth-order valence-electron chi connectivity index (χ4n) is 3.42. The van der Waals surface area contributed by atoms with Crippen LogP contribution in [0.5, 0.6) is 0 Å². The Bertz CT molecular complexity index is 897. The summed E-state index contributed by atoms with van der Waals surface area (Å²) >= 11 is 0. The van der Waals surface area contributed by atoms with Crippen molar-refractivity contribution in [1.29, 1.82) is 0 Å². The van der Waals surface area contributed by atoms with E-state index in [1.54, 1.807) is 46.8 Å². The number of piperidine rings is 1. The number of rotatable bonds is 7. The molecule has 3 rings (SSSR count). The number of benzene rings is 2. The smallest absolute Gasteiger partial charge is 0.315 e. The minimum atomic E-state index is -3.43. The summed E-state index contributed by atoms with van der Waals surface area (Å²) in [6.07, 6.45) is 2.37. The van der Waals surface area contributed by atoms with Gasteiger partial charge in [0.1, 0.15) is 5.82 Å². The van der Waals surface area contributed by atoms with Crippen molar-refractivity contribution in [1.82, 2.24) is 14.9 Å². The monoisotopic (exact) mass is 419 g/mol. The van der Waals surface area contributed by atoms with Crippen LogP contribution in [-0.4, -0.2) is 38.4 Å². The first kappa shape index (κ1) is 21.3. The number of hydrogen-bond acceptors (Lipinski definition) is 3. The van der Waals surface area contributed by atoms with E-state index in [1.165, 1.54) is 12.1 Å². The summed E-state index contributed by atoms with van der Waals surface area (Å²) in [5.74, 6) is 0.0791. The van der Waals surface area contributed by atoms with Crippen LogP contribution in [0.3, 0.4) is 0 Å². The maximum atomic E-state index is 12.9. The Kier molecular flexibility index (Phi) is 7.22. The number of nitrogens with one attached hydrogen (secondary N) is 2. The molecule has 0 spiro atoms. The number of halogens is 1. The molecule has 6 nitrogen and oxygen atoms in total. The largest absolute Gasteiger partial charge is 0.338 e. The highest BCUT2D eigenvalue weighted by atomic mass is 32.2. The zero-order valence-corrected chi connectivity index (χ0v) is 17.0. The van der Waals surface area contributed by atoms with Gasteiger partial charge in [-0.3, -0.25) is 0 Å². The average molecular weight is 420 g/mol. The van der Waals surface area contributed by atoms with Crippen LogP contribution in [0, 0.1) is 11.7 Å². The minimum absolute atomic E-state index is 0.265.